The van der Waals surface area contributed by atoms with E-state index in [1.807, 2.05) is 6.08 Å². The fourth-order valence-corrected chi connectivity index (χ4v) is 0.559. The minimum absolute atomic E-state index is 0.405. The molecule has 0 atom stereocenters. The molecule has 0 rings (SSSR count). The van der Waals surface area contributed by atoms with Crippen molar-refractivity contribution in [3.63, 3.8) is 0 Å². The Balaban J connectivity index is 3.58. The molecule has 0 fully saturated rings. The first-order chi connectivity index (χ1) is 3.12. The molecule has 0 heterocycles. The molecule has 2 radical (unpaired) electrons. The molecule has 0 unspecified atom stereocenters. The predicted octanol–water partition coefficient (Wildman–Crippen LogP) is 1.79. The van der Waals surface area contributed by atoms with Crippen molar-refractivity contribution in [1.29, 1.82) is 0 Å². The van der Waals surface area contributed by atoms with Gasteiger partial charge in [-0.05, 0) is 0 Å². The van der Waals surface area contributed by atoms with Gasteiger partial charge < -0.3 is 0 Å². The third kappa shape index (κ3) is 3.22. The molecule has 0 aliphatic carbocycles. The Morgan fingerprint density at radius 1 is 1.71 bits per heavy atom. The van der Waals surface area contributed by atoms with Crippen LogP contribution in [0.5, 0.6) is 0 Å². The molecule has 0 aromatic rings. The Labute approximate surface area is 60.6 Å². The van der Waals surface area contributed by atoms with Crippen LogP contribution >= 0.6 is 0 Å². The van der Waals surface area contributed by atoms with Crippen molar-refractivity contribution in [3.8, 4) is 0 Å². The predicted molar refractivity (Wildman–Crippen MR) is 34.5 cm³/mol. The van der Waals surface area contributed by atoms with E-state index in [-0.39, 0.29) is 0 Å². The summed E-state index contributed by atoms with van der Waals surface area (Å²) in [6, 6.07) is 0. The molecule has 0 spiro atoms. The molecule has 0 bridgehead atoms. The molecule has 0 aliphatic rings. The van der Waals surface area contributed by atoms with Gasteiger partial charge in [-0.3, -0.25) is 0 Å². The molecule has 0 amide bonds. The van der Waals surface area contributed by atoms with E-state index in [2.05, 4.69) is 20.4 Å². The molecule has 0 aromatic carbocycles. The number of allylic oxidation sites excluding steroid dienone is 1. The van der Waals surface area contributed by atoms with Crippen molar-refractivity contribution in [2.24, 2.45) is 5.41 Å². The van der Waals surface area contributed by atoms with Crippen LogP contribution in [0.3, 0.4) is 0 Å². The summed E-state index contributed by atoms with van der Waals surface area (Å²) in [6.07, 6.45) is 2.03. The summed E-state index contributed by atoms with van der Waals surface area (Å²) in [4.78, 5) is 0. The van der Waals surface area contributed by atoms with Crippen molar-refractivity contribution in [2.45, 2.75) is 18.0 Å². The molecule has 38 valence electrons. The molecular weight excluding hydrogens is 187 g/mol. The second-order valence-electron chi connectivity index (χ2n) is 2.40. The maximum atomic E-state index is 3.72. The van der Waals surface area contributed by atoms with Crippen LogP contribution < -0.4 is 0 Å². The number of hydrogen-bond acceptors (Lipinski definition) is 0. The maximum absolute atomic E-state index is 3.72. The van der Waals surface area contributed by atoms with Crippen LogP contribution in [-0.2, 0) is 0 Å². The SMILES string of the molecule is C=CC(C)(C)[CH2][In]. The summed E-state index contributed by atoms with van der Waals surface area (Å²) in [5.41, 5.74) is 0.405. The van der Waals surface area contributed by atoms with Crippen molar-refractivity contribution in [1.82, 2.24) is 0 Å². The number of rotatable bonds is 2. The molecule has 0 saturated heterocycles. The molecular formula is C6H11In. The van der Waals surface area contributed by atoms with Gasteiger partial charge in [0.1, 0.15) is 0 Å². The van der Waals surface area contributed by atoms with E-state index < -0.39 is 0 Å². The quantitative estimate of drug-likeness (QED) is 0.593. The fourth-order valence-electron chi connectivity index (χ4n) is 0.0833. The average molecular weight is 198 g/mol. The fraction of sp³-hybridized carbons (Fsp3) is 0.667. The molecule has 0 nitrogen and oxygen atoms in total. The van der Waals surface area contributed by atoms with Gasteiger partial charge in [0.2, 0.25) is 0 Å². The Morgan fingerprint density at radius 2 is 2.14 bits per heavy atom. The van der Waals surface area contributed by atoms with Crippen molar-refractivity contribution < 1.29 is 0 Å². The van der Waals surface area contributed by atoms with Gasteiger partial charge >= 0.3 is 60.5 Å². The van der Waals surface area contributed by atoms with Crippen molar-refractivity contribution in [3.05, 3.63) is 12.7 Å². The van der Waals surface area contributed by atoms with E-state index in [9.17, 15) is 0 Å². The molecule has 1 heteroatoms. The van der Waals surface area contributed by atoms with Gasteiger partial charge in [0.05, 0.1) is 0 Å². The van der Waals surface area contributed by atoms with Crippen LogP contribution in [-0.4, -0.2) is 24.4 Å². The Morgan fingerprint density at radius 3 is 2.14 bits per heavy atom. The Kier molecular flexibility index (Phi) is 3.05. The van der Waals surface area contributed by atoms with Gasteiger partial charge in [0.25, 0.3) is 0 Å². The van der Waals surface area contributed by atoms with Crippen LogP contribution in [0.2, 0.25) is 4.18 Å². The van der Waals surface area contributed by atoms with Crippen molar-refractivity contribution in [2.75, 3.05) is 0 Å². The summed E-state index contributed by atoms with van der Waals surface area (Å²) in [7, 11) is 0. The van der Waals surface area contributed by atoms with E-state index in [1.54, 1.807) is 0 Å². The third-order valence-corrected chi connectivity index (χ3v) is 4.08. The third-order valence-electron chi connectivity index (χ3n) is 1.08. The first-order valence-electron chi connectivity index (χ1n) is 2.46. The topological polar surface area (TPSA) is 0 Å². The van der Waals surface area contributed by atoms with Crippen molar-refractivity contribution >= 4 is 24.4 Å². The van der Waals surface area contributed by atoms with E-state index in [1.165, 1.54) is 28.6 Å². The van der Waals surface area contributed by atoms with Crippen LogP contribution in [0.25, 0.3) is 0 Å². The van der Waals surface area contributed by atoms with E-state index >= 15 is 0 Å². The van der Waals surface area contributed by atoms with Crippen LogP contribution in [0, 0.1) is 5.41 Å². The second-order valence-corrected chi connectivity index (χ2v) is 3.56. The van der Waals surface area contributed by atoms with Crippen LogP contribution in [0.1, 0.15) is 13.8 Å². The monoisotopic (exact) mass is 198 g/mol. The zero-order valence-electron chi connectivity index (χ0n) is 5.07. The van der Waals surface area contributed by atoms with E-state index in [0.29, 0.717) is 5.41 Å². The van der Waals surface area contributed by atoms with E-state index in [0.717, 1.165) is 0 Å². The summed E-state index contributed by atoms with van der Waals surface area (Å²) in [6.45, 7) is 8.15. The zero-order valence-corrected chi connectivity index (χ0v) is 8.36. The Bertz CT molecular complexity index is 64.6. The standard InChI is InChI=1S/C6H11.In/c1-5-6(2,3)4;/h5H,1-2H2,3-4H3;. The van der Waals surface area contributed by atoms with Gasteiger partial charge in [-0.25, -0.2) is 0 Å². The molecule has 7 heavy (non-hydrogen) atoms. The minimum atomic E-state index is 0.405. The average Bonchev–Trinajstić information content (AvgIpc) is 1.68. The van der Waals surface area contributed by atoms with Gasteiger partial charge in [-0.2, -0.15) is 0 Å². The van der Waals surface area contributed by atoms with Crippen LogP contribution in [0.15, 0.2) is 12.7 Å². The van der Waals surface area contributed by atoms with E-state index in [4.69, 9.17) is 0 Å². The van der Waals surface area contributed by atoms with Gasteiger partial charge in [0.15, 0.2) is 0 Å². The first-order valence-corrected chi connectivity index (χ1v) is 4.79. The van der Waals surface area contributed by atoms with Crippen LogP contribution in [0.4, 0.5) is 0 Å². The summed E-state index contributed by atoms with van der Waals surface area (Å²) in [5.74, 6) is 0. The summed E-state index contributed by atoms with van der Waals surface area (Å²) in [5, 5.41) is 0. The summed E-state index contributed by atoms with van der Waals surface area (Å²) < 4.78 is 1.31. The molecule has 0 N–H and O–H groups in total. The first kappa shape index (κ1) is 7.61. The van der Waals surface area contributed by atoms with Gasteiger partial charge in [0, 0.05) is 0 Å². The normalized spacial score (nSPS) is 11.1. The Hall–Kier alpha value is 0.610. The molecule has 0 aliphatic heterocycles. The molecule has 0 aromatic heterocycles. The second kappa shape index (κ2) is 2.81. The van der Waals surface area contributed by atoms with Gasteiger partial charge in [-0.1, -0.05) is 0 Å². The summed E-state index contributed by atoms with van der Waals surface area (Å²) >= 11 is 1.34. The van der Waals surface area contributed by atoms with Gasteiger partial charge in [-0.15, -0.1) is 0 Å². The number of hydrogen-bond donors (Lipinski definition) is 0. The zero-order chi connectivity index (χ0) is 5.91. The molecule has 0 saturated carbocycles.